The van der Waals surface area contributed by atoms with Crippen molar-refractivity contribution in [1.82, 2.24) is 15.5 Å². The third-order valence-electron chi connectivity index (χ3n) is 4.57. The fraction of sp³-hybridized carbons (Fsp3) is 0.421. The van der Waals surface area contributed by atoms with Crippen LogP contribution in [0.15, 0.2) is 34.9 Å². The zero-order valence-corrected chi connectivity index (χ0v) is 14.6. The van der Waals surface area contributed by atoms with Gasteiger partial charge in [0.25, 0.3) is 0 Å². The zero-order valence-electron chi connectivity index (χ0n) is 14.6. The van der Waals surface area contributed by atoms with Gasteiger partial charge in [-0.05, 0) is 36.6 Å². The molecule has 0 aliphatic heterocycles. The SMILES string of the molecule is COc1ccc(/C=C/C(=O)NC2(c3noc(C)n3)CCCCC2)cc1. The van der Waals surface area contributed by atoms with Gasteiger partial charge < -0.3 is 14.6 Å². The normalized spacial score (nSPS) is 16.7. The van der Waals surface area contributed by atoms with Crippen LogP contribution in [-0.2, 0) is 10.3 Å². The molecular weight excluding hydrogens is 318 g/mol. The molecule has 6 nitrogen and oxygen atoms in total. The van der Waals surface area contributed by atoms with Crippen LogP contribution in [0.25, 0.3) is 6.08 Å². The number of nitrogens with zero attached hydrogens (tertiary/aromatic N) is 2. The molecule has 1 fully saturated rings. The van der Waals surface area contributed by atoms with E-state index in [9.17, 15) is 4.79 Å². The number of ether oxygens (including phenoxy) is 1. The van der Waals surface area contributed by atoms with Gasteiger partial charge in [-0.1, -0.05) is 36.6 Å². The Morgan fingerprint density at radius 3 is 2.56 bits per heavy atom. The van der Waals surface area contributed by atoms with E-state index in [4.69, 9.17) is 9.26 Å². The van der Waals surface area contributed by atoms with Crippen molar-refractivity contribution in [3.8, 4) is 5.75 Å². The molecule has 2 aromatic rings. The summed E-state index contributed by atoms with van der Waals surface area (Å²) < 4.78 is 10.3. The maximum atomic E-state index is 12.5. The number of aromatic nitrogens is 2. The molecule has 0 radical (unpaired) electrons. The second-order valence-corrected chi connectivity index (χ2v) is 6.38. The number of benzene rings is 1. The van der Waals surface area contributed by atoms with Gasteiger partial charge in [-0.25, -0.2) is 0 Å². The van der Waals surface area contributed by atoms with E-state index in [-0.39, 0.29) is 5.91 Å². The molecule has 132 valence electrons. The minimum absolute atomic E-state index is 0.153. The molecule has 0 atom stereocenters. The lowest BCUT2D eigenvalue weighted by Gasteiger charge is -2.34. The molecule has 0 saturated heterocycles. The molecule has 1 N–H and O–H groups in total. The van der Waals surface area contributed by atoms with Crippen LogP contribution in [-0.4, -0.2) is 23.2 Å². The summed E-state index contributed by atoms with van der Waals surface area (Å²) in [4.78, 5) is 16.9. The molecule has 1 aliphatic carbocycles. The van der Waals surface area contributed by atoms with E-state index in [2.05, 4.69) is 15.5 Å². The minimum atomic E-state index is -0.530. The maximum Gasteiger partial charge on any atom is 0.244 e. The predicted molar refractivity (Wildman–Crippen MR) is 94.0 cm³/mol. The van der Waals surface area contributed by atoms with Crippen LogP contribution in [0.1, 0.15) is 49.4 Å². The Labute approximate surface area is 147 Å². The first kappa shape index (κ1) is 17.2. The standard InChI is InChI=1S/C19H23N3O3/c1-14-20-18(22-25-14)19(12-4-3-5-13-19)21-17(23)11-8-15-6-9-16(24-2)10-7-15/h6-11H,3-5,12-13H2,1-2H3,(H,21,23)/b11-8+. The average molecular weight is 341 g/mol. The first-order chi connectivity index (χ1) is 12.1. The van der Waals surface area contributed by atoms with Crippen molar-refractivity contribution < 1.29 is 14.1 Å². The van der Waals surface area contributed by atoms with Crippen molar-refractivity contribution in [3.63, 3.8) is 0 Å². The van der Waals surface area contributed by atoms with Crippen LogP contribution in [0, 0.1) is 6.92 Å². The fourth-order valence-electron chi connectivity index (χ4n) is 3.22. The Hall–Kier alpha value is -2.63. The van der Waals surface area contributed by atoms with Crippen molar-refractivity contribution in [2.75, 3.05) is 7.11 Å². The van der Waals surface area contributed by atoms with E-state index in [0.717, 1.165) is 43.4 Å². The van der Waals surface area contributed by atoms with Gasteiger partial charge in [0.1, 0.15) is 11.3 Å². The summed E-state index contributed by atoms with van der Waals surface area (Å²) in [5.41, 5.74) is 0.404. The van der Waals surface area contributed by atoms with Gasteiger partial charge in [-0.15, -0.1) is 0 Å². The van der Waals surface area contributed by atoms with Crippen LogP contribution in [0.3, 0.4) is 0 Å². The summed E-state index contributed by atoms with van der Waals surface area (Å²) in [5, 5.41) is 7.18. The number of amides is 1. The van der Waals surface area contributed by atoms with Gasteiger partial charge in [-0.3, -0.25) is 4.79 Å². The topological polar surface area (TPSA) is 77.2 Å². The molecule has 0 spiro atoms. The van der Waals surface area contributed by atoms with Crippen LogP contribution in [0.5, 0.6) is 5.75 Å². The molecule has 1 aliphatic rings. The van der Waals surface area contributed by atoms with Crippen LogP contribution in [0.4, 0.5) is 0 Å². The number of carbonyl (C=O) groups is 1. The first-order valence-electron chi connectivity index (χ1n) is 8.56. The van der Waals surface area contributed by atoms with Crippen molar-refractivity contribution >= 4 is 12.0 Å². The second-order valence-electron chi connectivity index (χ2n) is 6.38. The Kier molecular flexibility index (Phi) is 5.16. The van der Waals surface area contributed by atoms with E-state index < -0.39 is 5.54 Å². The number of nitrogens with one attached hydrogen (secondary N) is 1. The van der Waals surface area contributed by atoms with Crippen molar-refractivity contribution in [1.29, 1.82) is 0 Å². The third kappa shape index (κ3) is 4.07. The smallest absolute Gasteiger partial charge is 0.244 e. The van der Waals surface area contributed by atoms with E-state index >= 15 is 0 Å². The largest absolute Gasteiger partial charge is 0.497 e. The number of methoxy groups -OCH3 is 1. The lowest BCUT2D eigenvalue weighted by molar-refractivity contribution is -0.119. The Morgan fingerprint density at radius 2 is 1.96 bits per heavy atom. The van der Waals surface area contributed by atoms with E-state index in [1.807, 2.05) is 24.3 Å². The van der Waals surface area contributed by atoms with Gasteiger partial charge in [-0.2, -0.15) is 4.98 Å². The molecule has 1 aromatic carbocycles. The number of hydrogen-bond donors (Lipinski definition) is 1. The highest BCUT2D eigenvalue weighted by Gasteiger charge is 2.39. The summed E-state index contributed by atoms with van der Waals surface area (Å²) in [6.45, 7) is 1.76. The molecule has 1 heterocycles. The van der Waals surface area contributed by atoms with E-state index in [1.165, 1.54) is 0 Å². The van der Waals surface area contributed by atoms with Gasteiger partial charge >= 0.3 is 0 Å². The van der Waals surface area contributed by atoms with E-state index in [0.29, 0.717) is 11.7 Å². The summed E-state index contributed by atoms with van der Waals surface area (Å²) >= 11 is 0. The lowest BCUT2D eigenvalue weighted by Crippen LogP contribution is -2.47. The molecule has 25 heavy (non-hydrogen) atoms. The Balaban J connectivity index is 1.72. The summed E-state index contributed by atoms with van der Waals surface area (Å²) in [6, 6.07) is 7.54. The first-order valence-corrected chi connectivity index (χ1v) is 8.56. The monoisotopic (exact) mass is 341 g/mol. The van der Waals surface area contributed by atoms with Gasteiger partial charge in [0.15, 0.2) is 5.82 Å². The Morgan fingerprint density at radius 1 is 1.24 bits per heavy atom. The quantitative estimate of drug-likeness (QED) is 0.844. The molecular formula is C19H23N3O3. The van der Waals surface area contributed by atoms with Crippen LogP contribution >= 0.6 is 0 Å². The number of hydrogen-bond acceptors (Lipinski definition) is 5. The minimum Gasteiger partial charge on any atom is -0.497 e. The third-order valence-corrected chi connectivity index (χ3v) is 4.57. The van der Waals surface area contributed by atoms with Crippen molar-refractivity contribution in [2.24, 2.45) is 0 Å². The molecule has 3 rings (SSSR count). The highest BCUT2D eigenvalue weighted by atomic mass is 16.5. The molecule has 0 unspecified atom stereocenters. The lowest BCUT2D eigenvalue weighted by atomic mass is 9.81. The summed E-state index contributed by atoms with van der Waals surface area (Å²) in [6.07, 6.45) is 8.22. The summed E-state index contributed by atoms with van der Waals surface area (Å²) in [5.74, 6) is 1.73. The summed E-state index contributed by atoms with van der Waals surface area (Å²) in [7, 11) is 1.63. The van der Waals surface area contributed by atoms with E-state index in [1.54, 1.807) is 26.2 Å². The van der Waals surface area contributed by atoms with Gasteiger partial charge in [0.05, 0.1) is 7.11 Å². The zero-order chi connectivity index (χ0) is 17.7. The van der Waals surface area contributed by atoms with Crippen LogP contribution in [0.2, 0.25) is 0 Å². The second kappa shape index (κ2) is 7.51. The number of aryl methyl sites for hydroxylation is 1. The van der Waals surface area contributed by atoms with Gasteiger partial charge in [0.2, 0.25) is 11.8 Å². The highest BCUT2D eigenvalue weighted by molar-refractivity contribution is 5.92. The van der Waals surface area contributed by atoms with Crippen molar-refractivity contribution in [3.05, 3.63) is 47.6 Å². The molecule has 1 aromatic heterocycles. The average Bonchev–Trinajstić information content (AvgIpc) is 3.08. The number of rotatable bonds is 5. The Bertz CT molecular complexity index is 744. The molecule has 0 bridgehead atoms. The van der Waals surface area contributed by atoms with Crippen LogP contribution < -0.4 is 10.1 Å². The highest BCUT2D eigenvalue weighted by Crippen LogP contribution is 2.35. The predicted octanol–water partition coefficient (Wildman–Crippen LogP) is 3.38. The molecule has 6 heteroatoms. The molecule has 1 saturated carbocycles. The maximum absolute atomic E-state index is 12.5. The van der Waals surface area contributed by atoms with Gasteiger partial charge in [0, 0.05) is 13.0 Å². The molecule has 1 amide bonds. The fourth-order valence-corrected chi connectivity index (χ4v) is 3.22. The van der Waals surface area contributed by atoms with Crippen molar-refractivity contribution in [2.45, 2.75) is 44.6 Å². The number of carbonyl (C=O) groups excluding carboxylic acids is 1.